The molecule has 0 atom stereocenters. The summed E-state index contributed by atoms with van der Waals surface area (Å²) in [7, 11) is 4.24. The highest BCUT2D eigenvalue weighted by molar-refractivity contribution is 4.57. The van der Waals surface area contributed by atoms with E-state index >= 15 is 0 Å². The van der Waals surface area contributed by atoms with Crippen LogP contribution in [-0.4, -0.2) is 37.2 Å². The zero-order valence-electron chi connectivity index (χ0n) is 5.02. The van der Waals surface area contributed by atoms with Gasteiger partial charge in [-0.25, -0.2) is 10.0 Å². The van der Waals surface area contributed by atoms with Gasteiger partial charge in [0.15, 0.2) is 0 Å². The molecule has 1 aliphatic heterocycles. The van der Waals surface area contributed by atoms with Crippen LogP contribution in [0.2, 0.25) is 0 Å². The molecule has 0 aromatic heterocycles. The Labute approximate surface area is 44.7 Å². The van der Waals surface area contributed by atoms with Gasteiger partial charge in [-0.15, -0.1) is 0 Å². The summed E-state index contributed by atoms with van der Waals surface area (Å²) in [5.74, 6) is 0. The van der Waals surface area contributed by atoms with E-state index in [9.17, 15) is 0 Å². The Hall–Kier alpha value is -0.0800. The van der Waals surface area contributed by atoms with Gasteiger partial charge in [-0.2, -0.15) is 0 Å². The molecule has 1 saturated heterocycles. The summed E-state index contributed by atoms with van der Waals surface area (Å²) >= 11 is 0. The smallest absolute Gasteiger partial charge is 0.0142 e. The fraction of sp³-hybridized carbons (Fsp3) is 1.00. The van der Waals surface area contributed by atoms with Gasteiger partial charge in [-0.3, -0.25) is 0 Å². The van der Waals surface area contributed by atoms with Crippen LogP contribution in [0.5, 0.6) is 0 Å². The van der Waals surface area contributed by atoms with Crippen LogP contribution in [0.15, 0.2) is 0 Å². The van der Waals surface area contributed by atoms with Crippen molar-refractivity contribution in [1.82, 2.24) is 10.0 Å². The van der Waals surface area contributed by atoms with Crippen molar-refractivity contribution in [2.75, 3.05) is 27.2 Å². The van der Waals surface area contributed by atoms with Crippen LogP contribution >= 0.6 is 0 Å². The quantitative estimate of drug-likeness (QED) is 0.428. The summed E-state index contributed by atoms with van der Waals surface area (Å²) in [6, 6.07) is 0. The minimum Gasteiger partial charge on any atom is -0.245 e. The van der Waals surface area contributed by atoms with Crippen LogP contribution in [0.4, 0.5) is 0 Å². The Morgan fingerprint density at radius 3 is 1.57 bits per heavy atom. The van der Waals surface area contributed by atoms with E-state index in [0.29, 0.717) is 0 Å². The van der Waals surface area contributed by atoms with E-state index in [1.165, 1.54) is 19.5 Å². The molecular formula is C5H12N2. The number of hydrazine groups is 1. The number of nitrogens with zero attached hydrogens (tertiary/aromatic N) is 2. The number of hydrogen-bond acceptors (Lipinski definition) is 2. The van der Waals surface area contributed by atoms with E-state index in [0.717, 1.165) is 0 Å². The third kappa shape index (κ3) is 0.924. The molecule has 0 amide bonds. The maximum atomic E-state index is 2.24. The lowest BCUT2D eigenvalue weighted by atomic mass is 10.5. The van der Waals surface area contributed by atoms with Crippen LogP contribution in [0.3, 0.4) is 0 Å². The molecule has 0 N–H and O–H groups in total. The maximum absolute atomic E-state index is 2.24. The molecule has 0 saturated carbocycles. The standard InChI is InChI=1S/C5H12N2/c1-6-4-3-5-7(6)2/h3-5H2,1-2H3. The molecule has 7 heavy (non-hydrogen) atoms. The third-order valence-corrected chi connectivity index (χ3v) is 1.55. The van der Waals surface area contributed by atoms with E-state index < -0.39 is 0 Å². The predicted molar refractivity (Wildman–Crippen MR) is 29.9 cm³/mol. The fourth-order valence-electron chi connectivity index (χ4n) is 0.870. The van der Waals surface area contributed by atoms with E-state index in [4.69, 9.17) is 0 Å². The second-order valence-corrected chi connectivity index (χ2v) is 2.12. The van der Waals surface area contributed by atoms with Gasteiger partial charge in [0.25, 0.3) is 0 Å². The van der Waals surface area contributed by atoms with Crippen molar-refractivity contribution >= 4 is 0 Å². The van der Waals surface area contributed by atoms with Crippen molar-refractivity contribution in [3.05, 3.63) is 0 Å². The second-order valence-electron chi connectivity index (χ2n) is 2.12. The summed E-state index contributed by atoms with van der Waals surface area (Å²) in [6.45, 7) is 2.47. The molecule has 1 rings (SSSR count). The van der Waals surface area contributed by atoms with E-state index in [2.05, 4.69) is 24.1 Å². The molecule has 0 bridgehead atoms. The first-order valence-electron chi connectivity index (χ1n) is 2.73. The summed E-state index contributed by atoms with van der Waals surface area (Å²) in [5, 5.41) is 4.47. The molecule has 1 aliphatic rings. The highest BCUT2D eigenvalue weighted by atomic mass is 15.6. The summed E-state index contributed by atoms with van der Waals surface area (Å²) in [4.78, 5) is 0. The van der Waals surface area contributed by atoms with Gasteiger partial charge in [0, 0.05) is 27.2 Å². The molecule has 42 valence electrons. The van der Waals surface area contributed by atoms with Gasteiger partial charge in [0.2, 0.25) is 0 Å². The first-order chi connectivity index (χ1) is 3.30. The fourth-order valence-corrected chi connectivity index (χ4v) is 0.870. The minimum atomic E-state index is 1.23. The Balaban J connectivity index is 2.33. The first-order valence-corrected chi connectivity index (χ1v) is 2.73. The van der Waals surface area contributed by atoms with E-state index in [1.54, 1.807) is 0 Å². The third-order valence-electron chi connectivity index (χ3n) is 1.55. The number of rotatable bonds is 0. The van der Waals surface area contributed by atoms with Crippen molar-refractivity contribution in [3.63, 3.8) is 0 Å². The largest absolute Gasteiger partial charge is 0.245 e. The highest BCUT2D eigenvalue weighted by Crippen LogP contribution is 2.01. The van der Waals surface area contributed by atoms with E-state index in [1.807, 2.05) is 0 Å². The predicted octanol–water partition coefficient (Wildman–Crippen LogP) is 0.169. The van der Waals surface area contributed by atoms with Crippen LogP contribution < -0.4 is 0 Å². The topological polar surface area (TPSA) is 6.48 Å². The van der Waals surface area contributed by atoms with Gasteiger partial charge >= 0.3 is 0 Å². The number of hydrogen-bond donors (Lipinski definition) is 0. The van der Waals surface area contributed by atoms with Gasteiger partial charge in [0.1, 0.15) is 0 Å². The molecule has 1 fully saturated rings. The molecule has 0 unspecified atom stereocenters. The lowest BCUT2D eigenvalue weighted by molar-refractivity contribution is 0.0894. The zero-order chi connectivity index (χ0) is 5.28. The van der Waals surface area contributed by atoms with Crippen molar-refractivity contribution in [2.24, 2.45) is 0 Å². The lowest BCUT2D eigenvalue weighted by Crippen LogP contribution is -2.28. The zero-order valence-corrected chi connectivity index (χ0v) is 5.02. The Kier molecular flexibility index (Phi) is 1.30. The molecule has 2 heteroatoms. The molecular weight excluding hydrogens is 88.1 g/mol. The van der Waals surface area contributed by atoms with Crippen LogP contribution in [0.1, 0.15) is 6.42 Å². The molecule has 0 aliphatic carbocycles. The molecule has 0 radical (unpaired) electrons. The summed E-state index contributed by atoms with van der Waals surface area (Å²) < 4.78 is 0. The van der Waals surface area contributed by atoms with Crippen LogP contribution in [-0.2, 0) is 0 Å². The summed E-state index contributed by atoms with van der Waals surface area (Å²) in [5.41, 5.74) is 0. The SMILES string of the molecule is CN1CCCN1C. The average molecular weight is 100 g/mol. The molecule has 0 aromatic carbocycles. The van der Waals surface area contributed by atoms with Crippen molar-refractivity contribution < 1.29 is 0 Å². The van der Waals surface area contributed by atoms with Crippen molar-refractivity contribution in [2.45, 2.75) is 6.42 Å². The Bertz CT molecular complexity index is 55.1. The van der Waals surface area contributed by atoms with Gasteiger partial charge in [-0.05, 0) is 6.42 Å². The van der Waals surface area contributed by atoms with Crippen molar-refractivity contribution in [3.8, 4) is 0 Å². The minimum absolute atomic E-state index is 1.23. The molecule has 1 heterocycles. The summed E-state index contributed by atoms with van der Waals surface area (Å²) in [6.07, 6.45) is 1.33. The maximum Gasteiger partial charge on any atom is 0.0142 e. The lowest BCUT2D eigenvalue weighted by Gasteiger charge is -2.16. The molecule has 0 aromatic rings. The van der Waals surface area contributed by atoms with Gasteiger partial charge in [0.05, 0.1) is 0 Å². The second kappa shape index (κ2) is 1.80. The van der Waals surface area contributed by atoms with Crippen LogP contribution in [0, 0.1) is 0 Å². The van der Waals surface area contributed by atoms with E-state index in [-0.39, 0.29) is 0 Å². The molecule has 2 nitrogen and oxygen atoms in total. The first kappa shape index (κ1) is 5.06. The Morgan fingerprint density at radius 1 is 1.00 bits per heavy atom. The van der Waals surface area contributed by atoms with Gasteiger partial charge in [-0.1, -0.05) is 0 Å². The van der Waals surface area contributed by atoms with Gasteiger partial charge < -0.3 is 0 Å². The molecule has 0 spiro atoms. The monoisotopic (exact) mass is 100 g/mol. The Morgan fingerprint density at radius 2 is 1.43 bits per heavy atom. The highest BCUT2D eigenvalue weighted by Gasteiger charge is 2.11. The average Bonchev–Trinajstić information content (AvgIpc) is 1.91. The van der Waals surface area contributed by atoms with Crippen molar-refractivity contribution in [1.29, 1.82) is 0 Å². The normalized spacial score (nSPS) is 26.6. The van der Waals surface area contributed by atoms with Crippen LogP contribution in [0.25, 0.3) is 0 Å².